The van der Waals surface area contributed by atoms with Gasteiger partial charge in [-0.1, -0.05) is 30.3 Å². The van der Waals surface area contributed by atoms with Gasteiger partial charge in [-0.05, 0) is 55.8 Å². The predicted octanol–water partition coefficient (Wildman–Crippen LogP) is 5.08. The molecule has 27 heavy (non-hydrogen) atoms. The first-order valence-electron chi connectivity index (χ1n) is 8.95. The molecule has 2 aromatic carbocycles. The number of hydrogen-bond acceptors (Lipinski definition) is 3. The second-order valence-corrected chi connectivity index (χ2v) is 6.71. The topological polar surface area (TPSA) is 45.5 Å². The molecule has 1 heterocycles. The molecule has 0 saturated heterocycles. The minimum atomic E-state index is -0.355. The number of hydrogen-bond donors (Lipinski definition) is 1. The predicted molar refractivity (Wildman–Crippen MR) is 104 cm³/mol. The van der Waals surface area contributed by atoms with Gasteiger partial charge in [0.15, 0.2) is 5.76 Å². The van der Waals surface area contributed by atoms with E-state index in [0.29, 0.717) is 18.3 Å². The summed E-state index contributed by atoms with van der Waals surface area (Å²) < 4.78 is 18.7. The summed E-state index contributed by atoms with van der Waals surface area (Å²) in [7, 11) is 0. The molecule has 0 atom stereocenters. The molecule has 4 nitrogen and oxygen atoms in total. The van der Waals surface area contributed by atoms with Crippen LogP contribution in [0.1, 0.15) is 35.7 Å². The second kappa shape index (κ2) is 8.64. The first-order valence-corrected chi connectivity index (χ1v) is 8.95. The summed E-state index contributed by atoms with van der Waals surface area (Å²) in [6.45, 7) is 5.68. The molecule has 0 saturated carbocycles. The molecule has 5 heteroatoms. The van der Waals surface area contributed by atoms with E-state index in [9.17, 15) is 9.18 Å². The van der Waals surface area contributed by atoms with Gasteiger partial charge in [0.25, 0.3) is 5.91 Å². The minimum Gasteiger partial charge on any atom is -0.455 e. The Morgan fingerprint density at radius 1 is 1.00 bits per heavy atom. The molecule has 1 aromatic heterocycles. The zero-order valence-electron chi connectivity index (χ0n) is 15.5. The summed E-state index contributed by atoms with van der Waals surface area (Å²) in [5.74, 6) is 0.258. The lowest BCUT2D eigenvalue weighted by molar-refractivity contribution is 0.0991. The van der Waals surface area contributed by atoms with Crippen LogP contribution >= 0.6 is 0 Å². The van der Waals surface area contributed by atoms with Crippen molar-refractivity contribution in [2.45, 2.75) is 33.0 Å². The van der Waals surface area contributed by atoms with Crippen LogP contribution in [0.2, 0.25) is 0 Å². The molecule has 3 rings (SSSR count). The Bertz CT molecular complexity index is 873. The van der Waals surface area contributed by atoms with Crippen molar-refractivity contribution in [2.24, 2.45) is 0 Å². The Morgan fingerprint density at radius 2 is 1.70 bits per heavy atom. The van der Waals surface area contributed by atoms with Gasteiger partial charge >= 0.3 is 0 Å². The van der Waals surface area contributed by atoms with E-state index >= 15 is 0 Å². The van der Waals surface area contributed by atoms with Gasteiger partial charge in [0.2, 0.25) is 0 Å². The lowest BCUT2D eigenvalue weighted by Gasteiger charge is -2.25. The van der Waals surface area contributed by atoms with Crippen molar-refractivity contribution in [3.8, 4) is 0 Å². The summed E-state index contributed by atoms with van der Waals surface area (Å²) in [5.41, 5.74) is 1.75. The number of benzene rings is 2. The van der Waals surface area contributed by atoms with Gasteiger partial charge in [0, 0.05) is 18.3 Å². The zero-order valence-corrected chi connectivity index (χ0v) is 15.5. The Balaban J connectivity index is 1.64. The van der Waals surface area contributed by atoms with Crippen LogP contribution in [0, 0.1) is 5.82 Å². The molecule has 0 spiro atoms. The number of carbonyl (C=O) groups is 1. The third kappa shape index (κ3) is 5.28. The minimum absolute atomic E-state index is 0.234. The van der Waals surface area contributed by atoms with Gasteiger partial charge in [-0.2, -0.15) is 0 Å². The molecule has 0 radical (unpaired) electrons. The van der Waals surface area contributed by atoms with Gasteiger partial charge in [-0.3, -0.25) is 9.69 Å². The average Bonchev–Trinajstić information content (AvgIpc) is 3.13. The highest BCUT2D eigenvalue weighted by atomic mass is 19.1. The van der Waals surface area contributed by atoms with Crippen molar-refractivity contribution in [1.82, 2.24) is 4.90 Å². The lowest BCUT2D eigenvalue weighted by Crippen LogP contribution is -2.29. The quantitative estimate of drug-likeness (QED) is 0.634. The van der Waals surface area contributed by atoms with E-state index in [1.807, 2.05) is 24.3 Å². The summed E-state index contributed by atoms with van der Waals surface area (Å²) in [4.78, 5) is 14.6. The maximum atomic E-state index is 13.0. The van der Waals surface area contributed by atoms with Gasteiger partial charge in [-0.15, -0.1) is 0 Å². The van der Waals surface area contributed by atoms with E-state index in [4.69, 9.17) is 4.42 Å². The molecular weight excluding hydrogens is 343 g/mol. The maximum absolute atomic E-state index is 13.0. The fourth-order valence-electron chi connectivity index (χ4n) is 2.75. The van der Waals surface area contributed by atoms with Crippen molar-refractivity contribution in [3.05, 3.63) is 89.6 Å². The smallest absolute Gasteiger partial charge is 0.291 e. The van der Waals surface area contributed by atoms with Crippen LogP contribution in [-0.2, 0) is 13.1 Å². The van der Waals surface area contributed by atoms with Crippen molar-refractivity contribution in [1.29, 1.82) is 0 Å². The molecule has 0 aliphatic carbocycles. The fraction of sp³-hybridized carbons (Fsp3) is 0.227. The highest BCUT2D eigenvalue weighted by Crippen LogP contribution is 2.17. The van der Waals surface area contributed by atoms with Crippen LogP contribution in [-0.4, -0.2) is 16.8 Å². The van der Waals surface area contributed by atoms with Crippen LogP contribution < -0.4 is 5.32 Å². The van der Waals surface area contributed by atoms with E-state index in [0.717, 1.165) is 12.3 Å². The second-order valence-electron chi connectivity index (χ2n) is 6.71. The van der Waals surface area contributed by atoms with Crippen molar-refractivity contribution >= 4 is 11.6 Å². The number of rotatable bonds is 7. The first kappa shape index (κ1) is 18.9. The van der Waals surface area contributed by atoms with Crippen molar-refractivity contribution in [3.63, 3.8) is 0 Å². The number of furan rings is 1. The van der Waals surface area contributed by atoms with Crippen LogP contribution in [0.15, 0.2) is 71.1 Å². The Labute approximate surface area is 158 Å². The molecule has 0 aliphatic rings. The molecule has 0 bridgehead atoms. The highest BCUT2D eigenvalue weighted by Gasteiger charge is 2.16. The number of carbonyl (C=O) groups excluding carboxylic acids is 1. The average molecular weight is 366 g/mol. The normalized spacial score (nSPS) is 11.1. The van der Waals surface area contributed by atoms with Crippen molar-refractivity contribution in [2.75, 3.05) is 5.32 Å². The summed E-state index contributed by atoms with van der Waals surface area (Å²) in [6, 6.07) is 19.7. The van der Waals surface area contributed by atoms with Crippen LogP contribution in [0.3, 0.4) is 0 Å². The van der Waals surface area contributed by atoms with Crippen LogP contribution in [0.4, 0.5) is 10.1 Å². The van der Waals surface area contributed by atoms with Gasteiger partial charge < -0.3 is 9.73 Å². The molecule has 0 fully saturated rings. The summed E-state index contributed by atoms with van der Waals surface area (Å²) in [6.07, 6.45) is 0. The number of nitrogens with one attached hydrogen (secondary N) is 1. The number of nitrogens with zero attached hydrogens (tertiary/aromatic N) is 1. The third-order valence-electron chi connectivity index (χ3n) is 4.31. The summed E-state index contributed by atoms with van der Waals surface area (Å²) >= 11 is 0. The number of anilines is 1. The van der Waals surface area contributed by atoms with E-state index in [1.165, 1.54) is 29.8 Å². The first-order chi connectivity index (χ1) is 13.0. The zero-order chi connectivity index (χ0) is 19.2. The van der Waals surface area contributed by atoms with Gasteiger partial charge in [-0.25, -0.2) is 4.39 Å². The highest BCUT2D eigenvalue weighted by molar-refractivity contribution is 6.02. The summed E-state index contributed by atoms with van der Waals surface area (Å²) in [5, 5.41) is 2.70. The Morgan fingerprint density at radius 3 is 2.37 bits per heavy atom. The van der Waals surface area contributed by atoms with E-state index in [2.05, 4.69) is 36.2 Å². The molecule has 3 aromatic rings. The van der Waals surface area contributed by atoms with Crippen LogP contribution in [0.25, 0.3) is 0 Å². The monoisotopic (exact) mass is 366 g/mol. The van der Waals surface area contributed by atoms with E-state index in [1.54, 1.807) is 6.07 Å². The standard InChI is InChI=1S/C22H23FN2O2/c1-16(2)25(14-17-6-4-3-5-7-17)15-20-12-13-21(27-20)22(26)24-19-10-8-18(23)9-11-19/h3-13,16H,14-15H2,1-2H3,(H,24,26). The molecule has 1 amide bonds. The van der Waals surface area contributed by atoms with Gasteiger partial charge in [0.05, 0.1) is 6.54 Å². The fourth-order valence-corrected chi connectivity index (χ4v) is 2.75. The Kier molecular flexibility index (Phi) is 6.04. The third-order valence-corrected chi connectivity index (χ3v) is 4.31. The van der Waals surface area contributed by atoms with Crippen LogP contribution in [0.5, 0.6) is 0 Å². The number of halogens is 1. The van der Waals surface area contributed by atoms with E-state index in [-0.39, 0.29) is 17.5 Å². The maximum Gasteiger partial charge on any atom is 0.291 e. The number of amides is 1. The van der Waals surface area contributed by atoms with Gasteiger partial charge in [0.1, 0.15) is 11.6 Å². The lowest BCUT2D eigenvalue weighted by atomic mass is 10.2. The molecule has 0 aliphatic heterocycles. The van der Waals surface area contributed by atoms with E-state index < -0.39 is 0 Å². The van der Waals surface area contributed by atoms with Crippen molar-refractivity contribution < 1.29 is 13.6 Å². The largest absolute Gasteiger partial charge is 0.455 e. The molecule has 140 valence electrons. The molecule has 0 unspecified atom stereocenters. The molecular formula is C22H23FN2O2. The molecule has 1 N–H and O–H groups in total. The SMILES string of the molecule is CC(C)N(Cc1ccccc1)Cc1ccc(C(=O)Nc2ccc(F)cc2)o1. The Hall–Kier alpha value is -2.92.